The highest BCUT2D eigenvalue weighted by Gasteiger charge is 2.27. The van der Waals surface area contributed by atoms with Gasteiger partial charge in [-0.2, -0.15) is 0 Å². The maximum atomic E-state index is 12.7. The van der Waals surface area contributed by atoms with E-state index in [1.54, 1.807) is 26.0 Å². The lowest BCUT2D eigenvalue weighted by Crippen LogP contribution is -2.39. The Morgan fingerprint density at radius 1 is 0.597 bits per heavy atom. The van der Waals surface area contributed by atoms with Crippen molar-refractivity contribution >= 4 is 34.6 Å². The highest BCUT2D eigenvalue weighted by Crippen LogP contribution is 2.45. The number of esters is 1. The highest BCUT2D eigenvalue weighted by atomic mass is 16.5. The number of hydrogen-bond donors (Lipinski definition) is 4. The van der Waals surface area contributed by atoms with E-state index in [-0.39, 0.29) is 29.0 Å². The first-order valence-electron chi connectivity index (χ1n) is 25.1. The SMILES string of the molecule is CC(Nc1ccc2c(c1)Cc1cccc(-c3cc(N4CCOCC4)cc(=O)[nH]3)c1O2)C(=O)N1CCCC1.CCOC(=O)C(C)Nc1ccc2c(c1)Cc1cccc(-c3cc(N4CCOCC4)cc(=O)[nH]3)c1O2. The van der Waals surface area contributed by atoms with Crippen molar-refractivity contribution in [3.63, 3.8) is 0 Å². The number of amides is 1. The zero-order valence-corrected chi connectivity index (χ0v) is 41.0. The van der Waals surface area contributed by atoms with Gasteiger partial charge in [0.25, 0.3) is 0 Å². The zero-order valence-electron chi connectivity index (χ0n) is 41.0. The summed E-state index contributed by atoms with van der Waals surface area (Å²) in [5.74, 6) is 2.92. The molecule has 4 aromatic carbocycles. The van der Waals surface area contributed by atoms with Crippen LogP contribution in [-0.4, -0.2) is 111 Å². The fourth-order valence-corrected chi connectivity index (χ4v) is 10.0. The van der Waals surface area contributed by atoms with Gasteiger partial charge in [-0.05, 0) is 105 Å². The van der Waals surface area contributed by atoms with E-state index in [2.05, 4.69) is 42.5 Å². The molecule has 374 valence electrons. The van der Waals surface area contributed by atoms with E-state index < -0.39 is 6.04 Å². The molecule has 0 saturated carbocycles. The van der Waals surface area contributed by atoms with Gasteiger partial charge in [-0.15, -0.1) is 0 Å². The van der Waals surface area contributed by atoms with Gasteiger partial charge >= 0.3 is 5.97 Å². The molecule has 0 radical (unpaired) electrons. The van der Waals surface area contributed by atoms with E-state index in [1.807, 2.05) is 84.6 Å². The molecule has 16 heteroatoms. The summed E-state index contributed by atoms with van der Waals surface area (Å²) in [5.41, 5.74) is 10.6. The molecule has 0 spiro atoms. The van der Waals surface area contributed by atoms with Crippen LogP contribution >= 0.6 is 0 Å². The van der Waals surface area contributed by atoms with Crippen LogP contribution < -0.4 is 41.0 Å². The standard InChI is InChI=1S/C29H32N4O4.C27H29N3O5/c1-19(29(35)33-9-2-3-10-33)30-22-7-8-26-21(16-22)15-20-5-4-6-24(28(20)37-26)25-17-23(18-27(34)31-25)32-11-13-36-14-12-32;1-3-34-27(32)17(2)28-20-7-8-24-19(14-20)13-18-5-4-6-22(26(18)35-24)23-15-21(16-25(31)29-23)30-9-11-33-12-10-30/h4-8,16-19,30H,2-3,9-15H2,1H3,(H,31,34);4-8,14-17,28H,3,9-13H2,1-2H3,(H,29,31). The molecule has 7 heterocycles. The minimum atomic E-state index is -0.452. The summed E-state index contributed by atoms with van der Waals surface area (Å²) in [6, 6.07) is 30.4. The van der Waals surface area contributed by atoms with Gasteiger partial charge < -0.3 is 59.0 Å². The number of aromatic amines is 2. The number of hydrogen-bond acceptors (Lipinski definition) is 13. The molecular formula is C56H61N7O9. The lowest BCUT2D eigenvalue weighted by Gasteiger charge is -2.29. The maximum Gasteiger partial charge on any atom is 0.328 e. The topological polar surface area (TPSA) is 180 Å². The molecule has 5 aliphatic rings. The van der Waals surface area contributed by atoms with Crippen LogP contribution in [0.5, 0.6) is 23.0 Å². The van der Waals surface area contributed by atoms with E-state index in [0.717, 1.165) is 143 Å². The molecular weight excluding hydrogens is 915 g/mol. The van der Waals surface area contributed by atoms with E-state index in [1.165, 1.54) is 0 Å². The first kappa shape index (κ1) is 48.1. The van der Waals surface area contributed by atoms with Crippen LogP contribution in [-0.2, 0) is 36.6 Å². The van der Waals surface area contributed by atoms with Gasteiger partial charge in [0.1, 0.15) is 35.1 Å². The number of fused-ring (bicyclic) bond motifs is 4. The summed E-state index contributed by atoms with van der Waals surface area (Å²) < 4.78 is 28.8. The third kappa shape index (κ3) is 10.7. The quantitative estimate of drug-likeness (QED) is 0.0919. The van der Waals surface area contributed by atoms with E-state index in [9.17, 15) is 19.2 Å². The lowest BCUT2D eigenvalue weighted by molar-refractivity contribution is -0.143. The van der Waals surface area contributed by atoms with E-state index in [0.29, 0.717) is 45.9 Å². The number of pyridine rings is 2. The maximum absolute atomic E-state index is 12.7. The molecule has 3 saturated heterocycles. The summed E-state index contributed by atoms with van der Waals surface area (Å²) >= 11 is 0. The van der Waals surface area contributed by atoms with Crippen LogP contribution in [0.2, 0.25) is 0 Å². The van der Waals surface area contributed by atoms with Crippen LogP contribution in [0.3, 0.4) is 0 Å². The third-order valence-corrected chi connectivity index (χ3v) is 13.7. The number of para-hydroxylation sites is 2. The van der Waals surface area contributed by atoms with Crippen LogP contribution in [0, 0.1) is 0 Å². The van der Waals surface area contributed by atoms with Crippen molar-refractivity contribution in [1.82, 2.24) is 14.9 Å². The first-order valence-corrected chi connectivity index (χ1v) is 25.1. The Bertz CT molecular complexity index is 3080. The Morgan fingerprint density at radius 2 is 1.07 bits per heavy atom. The minimum absolute atomic E-state index is 0.138. The molecule has 2 atom stereocenters. The number of carbonyl (C=O) groups is 2. The van der Waals surface area contributed by atoms with Gasteiger partial charge in [-0.1, -0.05) is 24.3 Å². The molecule has 6 aromatic rings. The van der Waals surface area contributed by atoms with Crippen molar-refractivity contribution < 1.29 is 33.3 Å². The summed E-state index contributed by atoms with van der Waals surface area (Å²) in [4.78, 5) is 62.0. The van der Waals surface area contributed by atoms with Gasteiger partial charge in [-0.3, -0.25) is 14.4 Å². The number of ether oxygens (including phenoxy) is 5. The second-order valence-electron chi connectivity index (χ2n) is 18.7. The van der Waals surface area contributed by atoms with Gasteiger partial charge in [0.2, 0.25) is 17.0 Å². The number of H-pyrrole nitrogens is 2. The zero-order chi connectivity index (χ0) is 49.7. The Hall–Kier alpha value is -7.56. The van der Waals surface area contributed by atoms with Crippen molar-refractivity contribution in [1.29, 1.82) is 0 Å². The molecule has 1 amide bonds. The number of nitrogens with one attached hydrogen (secondary N) is 4. The minimum Gasteiger partial charge on any atom is -0.464 e. The fourth-order valence-electron chi connectivity index (χ4n) is 10.0. The molecule has 2 unspecified atom stereocenters. The predicted octanol–water partition coefficient (Wildman–Crippen LogP) is 7.94. The molecule has 5 aliphatic heterocycles. The summed E-state index contributed by atoms with van der Waals surface area (Å²) in [7, 11) is 0. The van der Waals surface area contributed by atoms with Crippen LogP contribution in [0.25, 0.3) is 22.5 Å². The number of carbonyl (C=O) groups excluding carboxylic acids is 2. The molecule has 4 N–H and O–H groups in total. The van der Waals surface area contributed by atoms with E-state index in [4.69, 9.17) is 23.7 Å². The van der Waals surface area contributed by atoms with Crippen molar-refractivity contribution in [3.05, 3.63) is 140 Å². The Kier molecular flexibility index (Phi) is 14.3. The Balaban J connectivity index is 0.000000166. The van der Waals surface area contributed by atoms with Crippen molar-refractivity contribution in [2.45, 2.75) is 58.5 Å². The van der Waals surface area contributed by atoms with Crippen molar-refractivity contribution in [3.8, 4) is 45.5 Å². The number of nitrogens with zero attached hydrogens (tertiary/aromatic N) is 3. The highest BCUT2D eigenvalue weighted by molar-refractivity contribution is 5.85. The van der Waals surface area contributed by atoms with Gasteiger partial charge in [0, 0.05) is 109 Å². The first-order chi connectivity index (χ1) is 35.1. The Morgan fingerprint density at radius 3 is 1.54 bits per heavy atom. The number of rotatable bonds is 11. The summed E-state index contributed by atoms with van der Waals surface area (Å²) in [5, 5.41) is 6.57. The van der Waals surface area contributed by atoms with Gasteiger partial charge in [0.15, 0.2) is 0 Å². The normalized spacial score (nSPS) is 16.5. The van der Waals surface area contributed by atoms with E-state index >= 15 is 0 Å². The smallest absolute Gasteiger partial charge is 0.328 e. The largest absolute Gasteiger partial charge is 0.464 e. The van der Waals surface area contributed by atoms with Crippen molar-refractivity contribution in [2.24, 2.45) is 0 Å². The Labute approximate surface area is 418 Å². The average molecular weight is 976 g/mol. The summed E-state index contributed by atoms with van der Waals surface area (Å²) in [6.45, 7) is 13.2. The average Bonchev–Trinajstić information content (AvgIpc) is 3.95. The molecule has 16 nitrogen and oxygen atoms in total. The second kappa shape index (κ2) is 21.4. The predicted molar refractivity (Wildman–Crippen MR) is 278 cm³/mol. The molecule has 2 aromatic heterocycles. The molecule has 11 rings (SSSR count). The van der Waals surface area contributed by atoms with Crippen LogP contribution in [0.1, 0.15) is 55.9 Å². The van der Waals surface area contributed by atoms with Gasteiger partial charge in [-0.25, -0.2) is 4.79 Å². The molecule has 0 bridgehead atoms. The number of benzene rings is 4. The lowest BCUT2D eigenvalue weighted by atomic mass is 9.96. The molecule has 72 heavy (non-hydrogen) atoms. The van der Waals surface area contributed by atoms with Gasteiger partial charge in [0.05, 0.1) is 44.4 Å². The number of likely N-dealkylation sites (tertiary alicyclic amines) is 1. The summed E-state index contributed by atoms with van der Waals surface area (Å²) in [6.07, 6.45) is 3.55. The van der Waals surface area contributed by atoms with Crippen LogP contribution in [0.15, 0.2) is 107 Å². The second-order valence-corrected chi connectivity index (χ2v) is 18.7. The monoisotopic (exact) mass is 975 g/mol. The number of morpholine rings is 2. The van der Waals surface area contributed by atoms with Crippen molar-refractivity contribution in [2.75, 3.05) is 92.7 Å². The fraction of sp³-hybridized carbons (Fsp3) is 0.357. The number of anilines is 4. The number of aromatic nitrogens is 2. The molecule has 3 fully saturated rings. The van der Waals surface area contributed by atoms with Crippen LogP contribution in [0.4, 0.5) is 22.7 Å². The third-order valence-electron chi connectivity index (χ3n) is 13.7. The molecule has 0 aliphatic carbocycles.